The molecule has 0 heterocycles. The standard InChI is InChI=1S/C12H14ClF2NO2/c1-12(2,3)18-11(17)10(16)6-4-5-7(14)8(13)9(6)15/h4-5,10H,16H2,1-3H3. The van der Waals surface area contributed by atoms with E-state index < -0.39 is 34.3 Å². The summed E-state index contributed by atoms with van der Waals surface area (Å²) in [5, 5.41) is -0.688. The van der Waals surface area contributed by atoms with Gasteiger partial charge in [0, 0.05) is 5.56 Å². The van der Waals surface area contributed by atoms with Crippen molar-refractivity contribution >= 4 is 17.6 Å². The molecule has 0 saturated heterocycles. The van der Waals surface area contributed by atoms with Gasteiger partial charge in [-0.2, -0.15) is 0 Å². The van der Waals surface area contributed by atoms with E-state index >= 15 is 0 Å². The summed E-state index contributed by atoms with van der Waals surface area (Å²) < 4.78 is 31.6. The number of carbonyl (C=O) groups is 1. The molecule has 0 amide bonds. The lowest BCUT2D eigenvalue weighted by atomic mass is 10.1. The third kappa shape index (κ3) is 3.40. The van der Waals surface area contributed by atoms with Crippen LogP contribution in [0.25, 0.3) is 0 Å². The van der Waals surface area contributed by atoms with E-state index in [1.807, 2.05) is 0 Å². The summed E-state index contributed by atoms with van der Waals surface area (Å²) in [6.45, 7) is 4.98. The van der Waals surface area contributed by atoms with Crippen molar-refractivity contribution in [3.8, 4) is 0 Å². The second-order valence-electron chi connectivity index (χ2n) is 4.78. The Morgan fingerprint density at radius 1 is 1.39 bits per heavy atom. The molecule has 0 bridgehead atoms. The second kappa shape index (κ2) is 5.20. The Hall–Kier alpha value is -1.20. The predicted octanol–water partition coefficient (Wildman–Crippen LogP) is 2.96. The van der Waals surface area contributed by atoms with Crippen LogP contribution in [0.15, 0.2) is 12.1 Å². The van der Waals surface area contributed by atoms with Crippen LogP contribution in [0.3, 0.4) is 0 Å². The number of carbonyl (C=O) groups excluding carboxylic acids is 1. The summed E-state index contributed by atoms with van der Waals surface area (Å²) in [4.78, 5) is 11.7. The Labute approximate surface area is 109 Å². The number of hydrogen-bond donors (Lipinski definition) is 1. The fourth-order valence-corrected chi connectivity index (χ4v) is 1.45. The molecule has 0 spiro atoms. The van der Waals surface area contributed by atoms with E-state index in [0.29, 0.717) is 0 Å². The number of esters is 1. The Morgan fingerprint density at radius 2 is 1.94 bits per heavy atom. The predicted molar refractivity (Wildman–Crippen MR) is 64.1 cm³/mol. The van der Waals surface area contributed by atoms with Gasteiger partial charge >= 0.3 is 5.97 Å². The largest absolute Gasteiger partial charge is 0.459 e. The van der Waals surface area contributed by atoms with E-state index in [1.54, 1.807) is 20.8 Å². The highest BCUT2D eigenvalue weighted by atomic mass is 35.5. The van der Waals surface area contributed by atoms with E-state index in [4.69, 9.17) is 22.1 Å². The first-order chi connectivity index (χ1) is 8.13. The van der Waals surface area contributed by atoms with Crippen LogP contribution >= 0.6 is 11.6 Å². The highest BCUT2D eigenvalue weighted by Gasteiger charge is 2.27. The summed E-state index contributed by atoms with van der Waals surface area (Å²) >= 11 is 5.41. The summed E-state index contributed by atoms with van der Waals surface area (Å²) in [6.07, 6.45) is 0. The van der Waals surface area contributed by atoms with Gasteiger partial charge in [0.25, 0.3) is 0 Å². The lowest BCUT2D eigenvalue weighted by molar-refractivity contribution is -0.156. The van der Waals surface area contributed by atoms with Gasteiger partial charge in [0.1, 0.15) is 28.3 Å². The average Bonchev–Trinajstić information content (AvgIpc) is 2.23. The molecule has 0 saturated carbocycles. The van der Waals surface area contributed by atoms with Gasteiger partial charge in [-0.15, -0.1) is 0 Å². The van der Waals surface area contributed by atoms with Crippen LogP contribution in [0.4, 0.5) is 8.78 Å². The monoisotopic (exact) mass is 277 g/mol. The van der Waals surface area contributed by atoms with Gasteiger partial charge < -0.3 is 10.5 Å². The average molecular weight is 278 g/mol. The van der Waals surface area contributed by atoms with Crippen LogP contribution in [0, 0.1) is 11.6 Å². The number of hydrogen-bond acceptors (Lipinski definition) is 3. The molecule has 1 rings (SSSR count). The molecule has 100 valence electrons. The van der Waals surface area contributed by atoms with Crippen molar-refractivity contribution in [3.05, 3.63) is 34.4 Å². The van der Waals surface area contributed by atoms with Crippen LogP contribution in [0.5, 0.6) is 0 Å². The minimum atomic E-state index is -1.35. The first kappa shape index (κ1) is 14.9. The van der Waals surface area contributed by atoms with Crippen LogP contribution in [-0.4, -0.2) is 11.6 Å². The second-order valence-corrected chi connectivity index (χ2v) is 5.15. The molecule has 18 heavy (non-hydrogen) atoms. The number of rotatable bonds is 2. The summed E-state index contributed by atoms with van der Waals surface area (Å²) in [5.41, 5.74) is 4.63. The molecule has 1 atom stereocenters. The smallest absolute Gasteiger partial charge is 0.328 e. The summed E-state index contributed by atoms with van der Waals surface area (Å²) in [7, 11) is 0. The number of halogens is 3. The molecule has 1 aromatic rings. The van der Waals surface area contributed by atoms with Gasteiger partial charge in [-0.3, -0.25) is 0 Å². The third-order valence-corrected chi connectivity index (χ3v) is 2.41. The van der Waals surface area contributed by atoms with Crippen molar-refractivity contribution in [2.75, 3.05) is 0 Å². The first-order valence-corrected chi connectivity index (χ1v) is 5.63. The molecule has 0 radical (unpaired) electrons. The highest BCUT2D eigenvalue weighted by Crippen LogP contribution is 2.26. The zero-order chi connectivity index (χ0) is 14.1. The summed E-state index contributed by atoms with van der Waals surface area (Å²) in [5.74, 6) is -2.76. The Balaban J connectivity index is 3.01. The first-order valence-electron chi connectivity index (χ1n) is 5.25. The molecule has 2 N–H and O–H groups in total. The Kier molecular flexibility index (Phi) is 4.29. The highest BCUT2D eigenvalue weighted by molar-refractivity contribution is 6.31. The molecular weight excluding hydrogens is 264 g/mol. The minimum Gasteiger partial charge on any atom is -0.459 e. The maximum Gasteiger partial charge on any atom is 0.328 e. The molecule has 0 aliphatic rings. The van der Waals surface area contributed by atoms with Crippen LogP contribution in [-0.2, 0) is 9.53 Å². The molecule has 1 unspecified atom stereocenters. The van der Waals surface area contributed by atoms with Crippen molar-refractivity contribution in [1.82, 2.24) is 0 Å². The minimum absolute atomic E-state index is 0.198. The zero-order valence-corrected chi connectivity index (χ0v) is 11.0. The lowest BCUT2D eigenvalue weighted by Crippen LogP contribution is -2.32. The van der Waals surface area contributed by atoms with Crippen molar-refractivity contribution in [2.45, 2.75) is 32.4 Å². The van der Waals surface area contributed by atoms with Gasteiger partial charge in [-0.05, 0) is 26.8 Å². The van der Waals surface area contributed by atoms with Crippen molar-refractivity contribution in [1.29, 1.82) is 0 Å². The molecule has 1 aromatic carbocycles. The molecule has 3 nitrogen and oxygen atoms in total. The van der Waals surface area contributed by atoms with E-state index in [1.165, 1.54) is 0 Å². The van der Waals surface area contributed by atoms with Gasteiger partial charge in [0.15, 0.2) is 0 Å². The van der Waals surface area contributed by atoms with Crippen molar-refractivity contribution < 1.29 is 18.3 Å². The SMILES string of the molecule is CC(C)(C)OC(=O)C(N)c1ccc(F)c(Cl)c1F. The fourth-order valence-electron chi connectivity index (χ4n) is 1.27. The van der Waals surface area contributed by atoms with Crippen LogP contribution in [0.2, 0.25) is 5.02 Å². The molecule has 0 aromatic heterocycles. The molecule has 0 aliphatic heterocycles. The van der Waals surface area contributed by atoms with Crippen molar-refractivity contribution in [3.63, 3.8) is 0 Å². The Morgan fingerprint density at radius 3 is 2.44 bits per heavy atom. The summed E-state index contributed by atoms with van der Waals surface area (Å²) in [6, 6.07) is 0.679. The number of ether oxygens (including phenoxy) is 1. The van der Waals surface area contributed by atoms with Gasteiger partial charge in [-0.25, -0.2) is 13.6 Å². The van der Waals surface area contributed by atoms with E-state index in [0.717, 1.165) is 12.1 Å². The number of benzene rings is 1. The molecular formula is C12H14ClF2NO2. The van der Waals surface area contributed by atoms with E-state index in [9.17, 15) is 13.6 Å². The molecule has 0 fully saturated rings. The lowest BCUT2D eigenvalue weighted by Gasteiger charge is -2.22. The maximum atomic E-state index is 13.6. The zero-order valence-electron chi connectivity index (χ0n) is 10.3. The maximum absolute atomic E-state index is 13.6. The quantitative estimate of drug-likeness (QED) is 0.668. The molecule has 0 aliphatic carbocycles. The van der Waals surface area contributed by atoms with E-state index in [-0.39, 0.29) is 5.56 Å². The van der Waals surface area contributed by atoms with Gasteiger partial charge in [0.2, 0.25) is 0 Å². The van der Waals surface area contributed by atoms with Crippen LogP contribution < -0.4 is 5.73 Å². The van der Waals surface area contributed by atoms with Crippen LogP contribution in [0.1, 0.15) is 32.4 Å². The molecule has 6 heteroatoms. The topological polar surface area (TPSA) is 52.3 Å². The van der Waals surface area contributed by atoms with Gasteiger partial charge in [-0.1, -0.05) is 17.7 Å². The Bertz CT molecular complexity index is 472. The van der Waals surface area contributed by atoms with Gasteiger partial charge in [0.05, 0.1) is 0 Å². The van der Waals surface area contributed by atoms with Crippen molar-refractivity contribution in [2.24, 2.45) is 5.73 Å². The normalized spacial score (nSPS) is 13.3. The third-order valence-electron chi connectivity index (χ3n) is 2.06. The van der Waals surface area contributed by atoms with E-state index in [2.05, 4.69) is 0 Å². The fraction of sp³-hybridized carbons (Fsp3) is 0.417. The number of nitrogens with two attached hydrogens (primary N) is 1.